The van der Waals surface area contributed by atoms with Crippen molar-refractivity contribution in [3.05, 3.63) is 88.1 Å². The van der Waals surface area contributed by atoms with Crippen molar-refractivity contribution < 1.29 is 4.39 Å². The van der Waals surface area contributed by atoms with Crippen LogP contribution in [0.5, 0.6) is 0 Å². The Morgan fingerprint density at radius 3 is 2.80 bits per heavy atom. The molecule has 3 aromatic rings. The van der Waals surface area contributed by atoms with Crippen LogP contribution in [0.4, 0.5) is 4.39 Å². The summed E-state index contributed by atoms with van der Waals surface area (Å²) in [6.07, 6.45) is 4.41. The standard InChI is InChI=1S/C19H19FN4O/c20-15-6-4-14(5-7-15)19-18-16(21-13-22-18)8-10-24(19)12-11-23-9-2-1-3-17(23)25/h1-7,9,13,19H,8,10-12H2,(H,21,22). The van der Waals surface area contributed by atoms with E-state index in [0.29, 0.717) is 6.54 Å². The fourth-order valence-corrected chi connectivity index (χ4v) is 3.46. The van der Waals surface area contributed by atoms with Crippen molar-refractivity contribution in [2.45, 2.75) is 19.0 Å². The van der Waals surface area contributed by atoms with Gasteiger partial charge in [0, 0.05) is 44.0 Å². The fraction of sp³-hybridized carbons (Fsp3) is 0.263. The molecule has 25 heavy (non-hydrogen) atoms. The molecule has 0 spiro atoms. The zero-order valence-corrected chi connectivity index (χ0v) is 13.7. The Bertz CT molecular complexity index is 915. The molecule has 5 nitrogen and oxygen atoms in total. The van der Waals surface area contributed by atoms with Crippen molar-refractivity contribution >= 4 is 0 Å². The number of fused-ring (bicyclic) bond motifs is 1. The van der Waals surface area contributed by atoms with Gasteiger partial charge in [0.2, 0.25) is 0 Å². The van der Waals surface area contributed by atoms with E-state index in [-0.39, 0.29) is 17.4 Å². The van der Waals surface area contributed by atoms with Gasteiger partial charge in [0.1, 0.15) is 5.82 Å². The number of nitrogens with one attached hydrogen (secondary N) is 1. The summed E-state index contributed by atoms with van der Waals surface area (Å²) in [6.45, 7) is 2.19. The van der Waals surface area contributed by atoms with E-state index in [1.165, 1.54) is 12.1 Å². The number of rotatable bonds is 4. The summed E-state index contributed by atoms with van der Waals surface area (Å²) in [7, 11) is 0. The summed E-state index contributed by atoms with van der Waals surface area (Å²) >= 11 is 0. The first kappa shape index (κ1) is 15.8. The zero-order valence-electron chi connectivity index (χ0n) is 13.7. The predicted octanol–water partition coefficient (Wildman–Crippen LogP) is 2.36. The number of hydrogen-bond donors (Lipinski definition) is 1. The Morgan fingerprint density at radius 2 is 2.00 bits per heavy atom. The van der Waals surface area contributed by atoms with E-state index in [9.17, 15) is 9.18 Å². The number of aromatic nitrogens is 3. The monoisotopic (exact) mass is 338 g/mol. The second-order valence-corrected chi connectivity index (χ2v) is 6.24. The van der Waals surface area contributed by atoms with Crippen LogP contribution in [0, 0.1) is 5.82 Å². The molecule has 1 unspecified atom stereocenters. The number of nitrogens with zero attached hydrogens (tertiary/aromatic N) is 3. The Balaban J connectivity index is 1.63. The second kappa shape index (κ2) is 6.64. The first-order chi connectivity index (χ1) is 12.2. The third-order valence-corrected chi connectivity index (χ3v) is 4.74. The minimum atomic E-state index is -0.246. The van der Waals surface area contributed by atoms with Gasteiger partial charge in [-0.05, 0) is 23.8 Å². The number of H-pyrrole nitrogens is 1. The first-order valence-corrected chi connectivity index (χ1v) is 8.39. The molecule has 4 rings (SSSR count). The smallest absolute Gasteiger partial charge is 0.250 e. The van der Waals surface area contributed by atoms with Crippen LogP contribution in [0.15, 0.2) is 59.8 Å². The van der Waals surface area contributed by atoms with E-state index < -0.39 is 0 Å². The Hall–Kier alpha value is -2.73. The van der Waals surface area contributed by atoms with Crippen molar-refractivity contribution in [1.29, 1.82) is 0 Å². The third kappa shape index (κ3) is 3.13. The lowest BCUT2D eigenvalue weighted by Gasteiger charge is -2.35. The maximum Gasteiger partial charge on any atom is 0.250 e. The summed E-state index contributed by atoms with van der Waals surface area (Å²) in [5.41, 5.74) is 3.12. The highest BCUT2D eigenvalue weighted by molar-refractivity contribution is 5.32. The molecular weight excluding hydrogens is 319 g/mol. The highest BCUT2D eigenvalue weighted by atomic mass is 19.1. The normalized spacial score (nSPS) is 17.4. The van der Waals surface area contributed by atoms with Crippen LogP contribution in [0.25, 0.3) is 0 Å². The summed E-state index contributed by atoms with van der Waals surface area (Å²) in [5, 5.41) is 0. The van der Waals surface area contributed by atoms with Crippen molar-refractivity contribution in [1.82, 2.24) is 19.4 Å². The quantitative estimate of drug-likeness (QED) is 0.794. The van der Waals surface area contributed by atoms with Crippen LogP contribution in [0.1, 0.15) is 23.0 Å². The lowest BCUT2D eigenvalue weighted by molar-refractivity contribution is 0.200. The van der Waals surface area contributed by atoms with Gasteiger partial charge in [-0.25, -0.2) is 9.37 Å². The van der Waals surface area contributed by atoms with Crippen molar-refractivity contribution in [2.75, 3.05) is 13.1 Å². The molecular formula is C19H19FN4O. The number of hydrogen-bond acceptors (Lipinski definition) is 3. The van der Waals surface area contributed by atoms with Crippen molar-refractivity contribution in [2.24, 2.45) is 0 Å². The van der Waals surface area contributed by atoms with Gasteiger partial charge in [-0.1, -0.05) is 18.2 Å². The van der Waals surface area contributed by atoms with Crippen LogP contribution in [0.3, 0.4) is 0 Å². The van der Waals surface area contributed by atoms with Crippen molar-refractivity contribution in [3.63, 3.8) is 0 Å². The summed E-state index contributed by atoms with van der Waals surface area (Å²) in [4.78, 5) is 21.9. The number of halogens is 1. The largest absolute Gasteiger partial charge is 0.348 e. The number of benzene rings is 1. The van der Waals surface area contributed by atoms with Gasteiger partial charge < -0.3 is 9.55 Å². The molecule has 0 radical (unpaired) electrons. The molecule has 1 atom stereocenters. The van der Waals surface area contributed by atoms with Gasteiger partial charge in [-0.3, -0.25) is 9.69 Å². The van der Waals surface area contributed by atoms with E-state index in [0.717, 1.165) is 36.5 Å². The van der Waals surface area contributed by atoms with Gasteiger partial charge in [0.15, 0.2) is 0 Å². The van der Waals surface area contributed by atoms with Gasteiger partial charge in [0.25, 0.3) is 5.56 Å². The molecule has 1 aliphatic rings. The van der Waals surface area contributed by atoms with E-state index in [4.69, 9.17) is 0 Å². The zero-order chi connectivity index (χ0) is 17.2. The Morgan fingerprint density at radius 1 is 1.16 bits per heavy atom. The molecule has 1 aliphatic heterocycles. The molecule has 128 valence electrons. The summed E-state index contributed by atoms with van der Waals surface area (Å²) in [5.74, 6) is -0.246. The number of aromatic amines is 1. The molecule has 0 saturated heterocycles. The Labute approximate surface area is 144 Å². The van der Waals surface area contributed by atoms with E-state index in [1.54, 1.807) is 29.2 Å². The highest BCUT2D eigenvalue weighted by Crippen LogP contribution is 2.33. The third-order valence-electron chi connectivity index (χ3n) is 4.74. The molecule has 0 bridgehead atoms. The lowest BCUT2D eigenvalue weighted by atomic mass is 9.95. The molecule has 6 heteroatoms. The molecule has 2 aromatic heterocycles. The van der Waals surface area contributed by atoms with Gasteiger partial charge in [0.05, 0.1) is 18.1 Å². The lowest BCUT2D eigenvalue weighted by Crippen LogP contribution is -2.39. The fourth-order valence-electron chi connectivity index (χ4n) is 3.46. The maximum atomic E-state index is 13.3. The maximum absolute atomic E-state index is 13.3. The number of pyridine rings is 1. The van der Waals surface area contributed by atoms with Gasteiger partial charge in [-0.15, -0.1) is 0 Å². The molecule has 3 heterocycles. The predicted molar refractivity (Wildman–Crippen MR) is 92.8 cm³/mol. The average molecular weight is 338 g/mol. The molecule has 0 fully saturated rings. The molecule has 0 amide bonds. The number of imidazole rings is 1. The first-order valence-electron chi connectivity index (χ1n) is 8.39. The topological polar surface area (TPSA) is 53.9 Å². The average Bonchev–Trinajstić information content (AvgIpc) is 3.10. The molecule has 0 saturated carbocycles. The molecule has 1 N–H and O–H groups in total. The van der Waals surface area contributed by atoms with Gasteiger partial charge >= 0.3 is 0 Å². The van der Waals surface area contributed by atoms with Gasteiger partial charge in [-0.2, -0.15) is 0 Å². The van der Waals surface area contributed by atoms with Crippen LogP contribution in [-0.4, -0.2) is 32.5 Å². The minimum Gasteiger partial charge on any atom is -0.348 e. The molecule has 0 aliphatic carbocycles. The van der Waals surface area contributed by atoms with Crippen molar-refractivity contribution in [3.8, 4) is 0 Å². The van der Waals surface area contributed by atoms with E-state index >= 15 is 0 Å². The highest BCUT2D eigenvalue weighted by Gasteiger charge is 2.30. The van der Waals surface area contributed by atoms with E-state index in [1.807, 2.05) is 18.2 Å². The summed E-state index contributed by atoms with van der Waals surface area (Å²) in [6, 6.07) is 11.7. The summed E-state index contributed by atoms with van der Waals surface area (Å²) < 4.78 is 15.0. The van der Waals surface area contributed by atoms with Crippen LogP contribution in [0.2, 0.25) is 0 Å². The van der Waals surface area contributed by atoms with Crippen LogP contribution < -0.4 is 5.56 Å². The minimum absolute atomic E-state index is 0.00157. The Kier molecular flexibility index (Phi) is 4.19. The van der Waals surface area contributed by atoms with E-state index in [2.05, 4.69) is 14.9 Å². The van der Waals surface area contributed by atoms with Crippen LogP contribution >= 0.6 is 0 Å². The van der Waals surface area contributed by atoms with Crippen LogP contribution in [-0.2, 0) is 13.0 Å². The molecule has 1 aromatic carbocycles. The second-order valence-electron chi connectivity index (χ2n) is 6.24. The SMILES string of the molecule is O=c1ccccn1CCN1CCc2[nH]cnc2C1c1ccc(F)cc1.